The first-order chi connectivity index (χ1) is 24.0. The Hall–Kier alpha value is -3.40. The summed E-state index contributed by atoms with van der Waals surface area (Å²) in [5, 5.41) is 4.67. The van der Waals surface area contributed by atoms with Crippen LogP contribution in [0, 0.1) is 26.7 Å². The highest BCUT2D eigenvalue weighted by Crippen LogP contribution is 2.41. The number of hydrogen-bond donors (Lipinski definition) is 2. The first-order valence-electron chi connectivity index (χ1n) is 16.4. The number of aryl methyl sites for hydroxylation is 3. The summed E-state index contributed by atoms with van der Waals surface area (Å²) in [5.41, 5.74) is 7.46. The molecule has 0 spiro atoms. The SMILES string of the molecule is Cc1ccc(OC(C(=O)Nc2ccccc2SC2C(=O)N(c3c(Cl)cc(Cl)cc3Cl)NC2=Nc2cc(C)ccc2Cl)C2CCCCC2)c(C)c1. The highest BCUT2D eigenvalue weighted by atomic mass is 35.5. The van der Waals surface area contributed by atoms with E-state index in [0.29, 0.717) is 37.9 Å². The summed E-state index contributed by atoms with van der Waals surface area (Å²) >= 11 is 27.1. The molecule has 2 atom stereocenters. The predicted octanol–water partition coefficient (Wildman–Crippen LogP) is 10.9. The fourth-order valence-corrected chi connectivity index (χ4v) is 8.50. The minimum absolute atomic E-state index is 0.0742. The van der Waals surface area contributed by atoms with E-state index in [4.69, 9.17) is 56.1 Å². The van der Waals surface area contributed by atoms with E-state index in [1.165, 1.54) is 28.9 Å². The summed E-state index contributed by atoms with van der Waals surface area (Å²) in [6, 6.07) is 21.9. The zero-order valence-corrected chi connectivity index (χ0v) is 31.6. The first-order valence-corrected chi connectivity index (χ1v) is 18.8. The van der Waals surface area contributed by atoms with Gasteiger partial charge in [-0.2, -0.15) is 0 Å². The highest BCUT2D eigenvalue weighted by molar-refractivity contribution is 8.01. The topological polar surface area (TPSA) is 83.0 Å². The number of ether oxygens (including phenoxy) is 1. The Kier molecular flexibility index (Phi) is 11.6. The maximum atomic E-state index is 14.2. The van der Waals surface area contributed by atoms with Crippen LogP contribution in [-0.2, 0) is 9.59 Å². The van der Waals surface area contributed by atoms with Gasteiger partial charge in [-0.05, 0) is 87.2 Å². The van der Waals surface area contributed by atoms with Crippen molar-refractivity contribution in [2.45, 2.75) is 69.1 Å². The van der Waals surface area contributed by atoms with Gasteiger partial charge >= 0.3 is 0 Å². The number of para-hydroxylation sites is 1. The first kappa shape index (κ1) is 36.4. The summed E-state index contributed by atoms with van der Waals surface area (Å²) in [4.78, 5) is 33.9. The van der Waals surface area contributed by atoms with Gasteiger partial charge in [0.15, 0.2) is 6.10 Å². The van der Waals surface area contributed by atoms with Gasteiger partial charge in [-0.25, -0.2) is 10.0 Å². The highest BCUT2D eigenvalue weighted by Gasteiger charge is 2.42. The van der Waals surface area contributed by atoms with Crippen LogP contribution in [0.4, 0.5) is 17.1 Å². The van der Waals surface area contributed by atoms with Crippen LogP contribution in [0.1, 0.15) is 48.8 Å². The van der Waals surface area contributed by atoms with E-state index in [-0.39, 0.29) is 33.5 Å². The molecule has 2 N–H and O–H groups in total. The van der Waals surface area contributed by atoms with Crippen LogP contribution < -0.4 is 20.5 Å². The number of amidine groups is 1. The zero-order valence-electron chi connectivity index (χ0n) is 27.7. The molecule has 12 heteroatoms. The lowest BCUT2D eigenvalue weighted by atomic mass is 9.84. The van der Waals surface area contributed by atoms with Crippen LogP contribution in [0.3, 0.4) is 0 Å². The Balaban J connectivity index is 1.33. The number of hydrogen-bond acceptors (Lipinski definition) is 5. The molecule has 7 nitrogen and oxygen atoms in total. The van der Waals surface area contributed by atoms with Crippen molar-refractivity contribution in [2.24, 2.45) is 10.9 Å². The lowest BCUT2D eigenvalue weighted by molar-refractivity contribution is -0.125. The molecule has 1 saturated heterocycles. The summed E-state index contributed by atoms with van der Waals surface area (Å²) in [5.74, 6) is 0.478. The number of anilines is 2. The molecule has 1 aliphatic carbocycles. The fraction of sp³-hybridized carbons (Fsp3) is 0.289. The molecule has 2 unspecified atom stereocenters. The average Bonchev–Trinajstić information content (AvgIpc) is 3.36. The third-order valence-electron chi connectivity index (χ3n) is 8.78. The monoisotopic (exact) mass is 768 g/mol. The third-order valence-corrected chi connectivity index (χ3v) is 11.2. The molecule has 2 aliphatic rings. The van der Waals surface area contributed by atoms with E-state index < -0.39 is 11.4 Å². The van der Waals surface area contributed by atoms with Gasteiger partial charge < -0.3 is 10.1 Å². The Morgan fingerprint density at radius 1 is 0.900 bits per heavy atom. The van der Waals surface area contributed by atoms with Gasteiger partial charge in [0.1, 0.15) is 22.5 Å². The van der Waals surface area contributed by atoms with Crippen LogP contribution in [0.15, 0.2) is 82.7 Å². The number of benzene rings is 4. The largest absolute Gasteiger partial charge is 0.480 e. The maximum absolute atomic E-state index is 14.2. The van der Waals surface area contributed by atoms with Crippen molar-refractivity contribution < 1.29 is 14.3 Å². The van der Waals surface area contributed by atoms with Crippen LogP contribution >= 0.6 is 58.2 Å². The number of aliphatic imine (C=N–C) groups is 1. The van der Waals surface area contributed by atoms with Crippen molar-refractivity contribution in [1.29, 1.82) is 0 Å². The van der Waals surface area contributed by atoms with Crippen molar-refractivity contribution in [3.05, 3.63) is 110 Å². The predicted molar refractivity (Wildman–Crippen MR) is 207 cm³/mol. The second-order valence-electron chi connectivity index (χ2n) is 12.6. The smallest absolute Gasteiger partial charge is 0.267 e. The van der Waals surface area contributed by atoms with E-state index in [2.05, 4.69) is 16.8 Å². The van der Waals surface area contributed by atoms with Gasteiger partial charge in [-0.3, -0.25) is 15.0 Å². The van der Waals surface area contributed by atoms with Crippen molar-refractivity contribution in [2.75, 3.05) is 10.3 Å². The van der Waals surface area contributed by atoms with Gasteiger partial charge in [0.05, 0.1) is 26.4 Å². The van der Waals surface area contributed by atoms with E-state index >= 15 is 0 Å². The molecule has 1 saturated carbocycles. The Morgan fingerprint density at radius 2 is 1.58 bits per heavy atom. The Bertz CT molecular complexity index is 1940. The van der Waals surface area contributed by atoms with Crippen LogP contribution in [0.2, 0.25) is 20.1 Å². The molecule has 6 rings (SSSR count). The summed E-state index contributed by atoms with van der Waals surface area (Å²) in [7, 11) is 0. The number of nitrogens with one attached hydrogen (secondary N) is 2. The minimum atomic E-state index is -0.881. The molecular weight excluding hydrogens is 734 g/mol. The molecule has 4 aromatic rings. The van der Waals surface area contributed by atoms with Gasteiger partial charge in [0.25, 0.3) is 11.8 Å². The van der Waals surface area contributed by atoms with Crippen molar-refractivity contribution in [1.82, 2.24) is 5.43 Å². The molecule has 260 valence electrons. The number of amides is 2. The van der Waals surface area contributed by atoms with Crippen molar-refractivity contribution in [3.8, 4) is 5.75 Å². The van der Waals surface area contributed by atoms with Crippen LogP contribution in [0.5, 0.6) is 5.75 Å². The number of carbonyl (C=O) groups excluding carboxylic acids is 2. The lowest BCUT2D eigenvalue weighted by Crippen LogP contribution is -2.40. The molecule has 0 bridgehead atoms. The Labute approximate surface area is 316 Å². The number of thioether (sulfide) groups is 1. The minimum Gasteiger partial charge on any atom is -0.480 e. The normalized spacial score (nSPS) is 17.9. The molecular formula is C38H36Cl4N4O3S. The number of rotatable bonds is 9. The summed E-state index contributed by atoms with van der Waals surface area (Å²) < 4.78 is 6.51. The molecule has 50 heavy (non-hydrogen) atoms. The molecule has 4 aromatic carbocycles. The standard InChI is InChI=1S/C38H36Cl4N4O3S/c1-21-14-16-31(23(3)17-21)49-34(24-9-5-4-6-10-24)37(47)44-29-11-7-8-12-32(29)50-35-36(43-30-18-22(2)13-15-26(30)40)45-46(38(35)48)33-27(41)19-25(39)20-28(33)42/h7-8,11-20,24,34-35H,4-6,9-10H2,1-3H3,(H,43,45)(H,44,47). The van der Waals surface area contributed by atoms with Gasteiger partial charge in [0, 0.05) is 15.8 Å². The number of halogens is 4. The van der Waals surface area contributed by atoms with Crippen LogP contribution in [-0.4, -0.2) is 29.0 Å². The zero-order chi connectivity index (χ0) is 35.5. The van der Waals surface area contributed by atoms with E-state index in [0.717, 1.165) is 48.8 Å². The lowest BCUT2D eigenvalue weighted by Gasteiger charge is -2.30. The molecule has 2 fully saturated rings. The molecule has 0 radical (unpaired) electrons. The fourth-order valence-electron chi connectivity index (χ4n) is 6.28. The average molecular weight is 771 g/mol. The number of hydrazine groups is 1. The van der Waals surface area contributed by atoms with E-state index in [1.807, 2.05) is 69.3 Å². The van der Waals surface area contributed by atoms with Crippen molar-refractivity contribution in [3.63, 3.8) is 0 Å². The second-order valence-corrected chi connectivity index (χ2v) is 15.4. The van der Waals surface area contributed by atoms with Gasteiger partial charge in [-0.15, -0.1) is 11.8 Å². The van der Waals surface area contributed by atoms with E-state index in [9.17, 15) is 9.59 Å². The second kappa shape index (κ2) is 15.9. The molecule has 0 aromatic heterocycles. The third kappa shape index (κ3) is 8.21. The summed E-state index contributed by atoms with van der Waals surface area (Å²) in [6.45, 7) is 5.96. The molecule has 1 aliphatic heterocycles. The molecule has 2 amide bonds. The van der Waals surface area contributed by atoms with E-state index in [1.54, 1.807) is 6.07 Å². The van der Waals surface area contributed by atoms with Crippen LogP contribution in [0.25, 0.3) is 0 Å². The number of carbonyl (C=O) groups is 2. The molecule has 1 heterocycles. The maximum Gasteiger partial charge on any atom is 0.267 e. The summed E-state index contributed by atoms with van der Waals surface area (Å²) in [6.07, 6.45) is 4.40. The quantitative estimate of drug-likeness (QED) is 0.177. The number of nitrogens with zero attached hydrogens (tertiary/aromatic N) is 2. The van der Waals surface area contributed by atoms with Gasteiger partial charge in [-0.1, -0.05) is 102 Å². The van der Waals surface area contributed by atoms with Crippen molar-refractivity contribution >= 4 is 92.9 Å². The Morgan fingerprint density at radius 3 is 2.30 bits per heavy atom. The van der Waals surface area contributed by atoms with Gasteiger partial charge in [0.2, 0.25) is 0 Å².